The number of alkyl carbamates (subject to hydrolysis) is 2. The zero-order valence-corrected chi connectivity index (χ0v) is 43.3. The van der Waals surface area contributed by atoms with E-state index >= 15 is 17.6 Å². The molecule has 3 saturated heterocycles. The monoisotopic (exact) mass is 1110 g/mol. The number of methoxy groups -OCH3 is 2. The van der Waals surface area contributed by atoms with E-state index in [1.165, 1.54) is 36.5 Å². The molecule has 2 aromatic carbocycles. The SMILES string of the molecule is COC(=O)N[C@H](C(=O)N[C@H]1Cc2ccc(cc2)-c2cnc(N3CC4CCC(C3)N4C3COC3)c(c2)C(F)(F)C(C)(C)[C@H](NC(=O)OC)C(=O)NN(Cc2c(F)cc(C(N)=CC=NC(F)F)cc2F)C[C@@H]1O)C(C)(C)C(F)(F)F. The predicted molar refractivity (Wildman–Crippen MR) is 265 cm³/mol. The number of anilines is 1. The number of ether oxygens (including phenoxy) is 3. The molecule has 78 heavy (non-hydrogen) atoms. The number of hydrogen-bond donors (Lipinski definition) is 6. The van der Waals surface area contributed by atoms with Gasteiger partial charge in [-0.25, -0.2) is 42.1 Å². The maximum Gasteiger partial charge on any atom is 0.407 e. The smallest absolute Gasteiger partial charge is 0.407 e. The van der Waals surface area contributed by atoms with Crippen molar-refractivity contribution in [3.63, 3.8) is 0 Å². The standard InChI is InChI=1S/C51H61F9N10O8/c1-48(2)41(66-47(75)77-6)44(73)67-69(22-33-35(52)17-28(18-36(33)53)37(61)13-14-62-45(54)55)23-39(71)38(64-43(72)40(65-46(74)76-5)49(3,4)51(58,59)60)15-26-7-9-27(10-8-26)29-16-34(50(48,56)57)42(63-19-29)68-20-30-11-12-31(21-68)70(30)32-24-78-25-32/h7-10,13-14,16-19,30-32,38-41,45,71H,11-12,15,20-25,61H2,1-6H3,(H,64,72)(H,65,74)(H,66,75)(H,67,73)/t30?,31?,38-,39-,40+,41+/m0/s1. The Hall–Kier alpha value is -6.71. The van der Waals surface area contributed by atoms with Gasteiger partial charge in [-0.05, 0) is 68.5 Å². The number of benzene rings is 2. The number of aromatic nitrogens is 1. The largest absolute Gasteiger partial charge is 0.453 e. The topological polar surface area (TPSA) is 225 Å². The second kappa shape index (κ2) is 23.3. The van der Waals surface area contributed by atoms with Crippen LogP contribution in [0, 0.1) is 22.5 Å². The molecule has 27 heteroatoms. The summed E-state index contributed by atoms with van der Waals surface area (Å²) in [6, 6.07) is 2.31. The van der Waals surface area contributed by atoms with E-state index in [4.69, 9.17) is 15.2 Å². The highest BCUT2D eigenvalue weighted by Crippen LogP contribution is 2.51. The molecule has 0 radical (unpaired) electrons. The van der Waals surface area contributed by atoms with Crippen LogP contribution in [0.3, 0.4) is 0 Å². The van der Waals surface area contributed by atoms with Crippen molar-refractivity contribution in [2.75, 3.05) is 52.0 Å². The van der Waals surface area contributed by atoms with Gasteiger partial charge in [0.05, 0.1) is 62.0 Å². The first kappa shape index (κ1) is 59.0. The molecule has 7 N–H and O–H groups in total. The zero-order chi connectivity index (χ0) is 57.2. The molecule has 5 aliphatic rings. The number of carbonyl (C=O) groups is 4. The molecule has 0 aliphatic carbocycles. The summed E-state index contributed by atoms with van der Waals surface area (Å²) in [5.74, 6) is -9.91. The number of pyridine rings is 1. The Kier molecular flexibility index (Phi) is 17.6. The number of hydrazine groups is 1. The van der Waals surface area contributed by atoms with Crippen LogP contribution in [-0.2, 0) is 42.7 Å². The van der Waals surface area contributed by atoms with Crippen LogP contribution in [0.2, 0.25) is 0 Å². The highest BCUT2D eigenvalue weighted by Gasteiger charge is 2.59. The lowest BCUT2D eigenvalue weighted by atomic mass is 9.74. The minimum atomic E-state index is -5.14. The van der Waals surface area contributed by atoms with E-state index in [9.17, 15) is 46.2 Å². The summed E-state index contributed by atoms with van der Waals surface area (Å²) in [5.41, 5.74) is 1.00. The number of fused-ring (bicyclic) bond motifs is 13. The average Bonchev–Trinajstić information content (AvgIpc) is 3.59. The van der Waals surface area contributed by atoms with E-state index < -0.39 is 126 Å². The van der Waals surface area contributed by atoms with Gasteiger partial charge in [0.25, 0.3) is 11.8 Å². The number of amides is 4. The van der Waals surface area contributed by atoms with E-state index in [1.807, 2.05) is 5.32 Å². The molecule has 18 nitrogen and oxygen atoms in total. The Bertz CT molecular complexity index is 2730. The molecule has 3 fully saturated rings. The molecule has 8 rings (SSSR count). The Morgan fingerprint density at radius 3 is 2.12 bits per heavy atom. The van der Waals surface area contributed by atoms with Crippen LogP contribution in [-0.4, -0.2) is 152 Å². The fourth-order valence-electron chi connectivity index (χ4n) is 10.1. The van der Waals surface area contributed by atoms with Gasteiger partial charge in [-0.3, -0.25) is 19.9 Å². The van der Waals surface area contributed by atoms with Crippen LogP contribution in [0.5, 0.6) is 0 Å². The van der Waals surface area contributed by atoms with Gasteiger partial charge in [0.1, 0.15) is 29.5 Å². The molecule has 3 aromatic rings. The first-order chi connectivity index (χ1) is 36.6. The summed E-state index contributed by atoms with van der Waals surface area (Å²) >= 11 is 0. The Morgan fingerprint density at radius 1 is 0.949 bits per heavy atom. The lowest BCUT2D eigenvalue weighted by molar-refractivity contribution is -0.220. The number of aliphatic hydroxyl groups is 1. The number of rotatable bonds is 12. The van der Waals surface area contributed by atoms with Crippen molar-refractivity contribution >= 4 is 41.7 Å². The molecule has 2 unspecified atom stereocenters. The van der Waals surface area contributed by atoms with Crippen molar-refractivity contribution in [1.82, 2.24) is 36.3 Å². The minimum absolute atomic E-state index is 0.0247. The van der Waals surface area contributed by atoms with Crippen molar-refractivity contribution in [3.8, 4) is 11.1 Å². The number of carbonyl (C=O) groups excluding carboxylic acids is 4. The molecule has 6 bridgehead atoms. The number of nitrogens with two attached hydrogens (primary N) is 1. The summed E-state index contributed by atoms with van der Waals surface area (Å²) in [6.07, 6.45) is -6.01. The molecule has 6 atom stereocenters. The van der Waals surface area contributed by atoms with Gasteiger partial charge >= 0.3 is 24.9 Å². The van der Waals surface area contributed by atoms with Crippen LogP contribution in [0.1, 0.15) is 62.8 Å². The first-order valence-electron chi connectivity index (χ1n) is 24.7. The molecular weight excluding hydrogens is 1050 g/mol. The van der Waals surface area contributed by atoms with E-state index in [1.54, 1.807) is 4.90 Å². The number of hydrogen-bond acceptors (Lipinski definition) is 14. The van der Waals surface area contributed by atoms with Crippen LogP contribution in [0.15, 0.2) is 59.7 Å². The summed E-state index contributed by atoms with van der Waals surface area (Å²) in [6.45, 7) is -0.281. The third-order valence-electron chi connectivity index (χ3n) is 15.0. The number of alkyl halides is 7. The fraction of sp³-hybridized carbons (Fsp3) is 0.529. The summed E-state index contributed by atoms with van der Waals surface area (Å²) in [4.78, 5) is 66.2. The summed E-state index contributed by atoms with van der Waals surface area (Å²) in [7, 11) is 1.75. The normalized spacial score (nSPS) is 23.8. The van der Waals surface area contributed by atoms with E-state index in [2.05, 4.69) is 35.7 Å². The van der Waals surface area contributed by atoms with Gasteiger partial charge in [-0.1, -0.05) is 38.1 Å². The number of nitrogens with zero attached hydrogens (tertiary/aromatic N) is 5. The molecule has 6 heterocycles. The van der Waals surface area contributed by atoms with Gasteiger partial charge in [0.2, 0.25) is 5.91 Å². The van der Waals surface area contributed by atoms with Gasteiger partial charge in [-0.15, -0.1) is 0 Å². The second-order valence-corrected chi connectivity index (χ2v) is 20.7. The van der Waals surface area contributed by atoms with E-state index in [0.29, 0.717) is 69.1 Å². The molecule has 5 aliphatic heterocycles. The van der Waals surface area contributed by atoms with Crippen molar-refractivity contribution in [2.24, 2.45) is 21.6 Å². The quantitative estimate of drug-likeness (QED) is 0.0722. The number of piperazine rings is 1. The maximum absolute atomic E-state index is 18.3. The number of nitrogens with one attached hydrogen (secondary N) is 4. The number of aliphatic hydroxyl groups excluding tert-OH is 1. The minimum Gasteiger partial charge on any atom is -0.453 e. The lowest BCUT2D eigenvalue weighted by Crippen LogP contribution is -2.64. The molecule has 426 valence electrons. The highest BCUT2D eigenvalue weighted by molar-refractivity contribution is 5.88. The molecule has 0 spiro atoms. The van der Waals surface area contributed by atoms with Gasteiger partial charge < -0.3 is 45.9 Å². The summed E-state index contributed by atoms with van der Waals surface area (Å²) < 4.78 is 153. The number of halogens is 9. The van der Waals surface area contributed by atoms with Gasteiger partial charge in [0.15, 0.2) is 0 Å². The Labute approximate surface area is 442 Å². The highest BCUT2D eigenvalue weighted by atomic mass is 19.4. The van der Waals surface area contributed by atoms with E-state index in [-0.39, 0.29) is 40.6 Å². The second-order valence-electron chi connectivity index (χ2n) is 20.7. The molecular formula is C51H61F9N10O8. The average molecular weight is 1110 g/mol. The van der Waals surface area contributed by atoms with Crippen molar-refractivity contribution in [2.45, 2.75) is 115 Å². The first-order valence-corrected chi connectivity index (χ1v) is 24.7. The predicted octanol–water partition coefficient (Wildman–Crippen LogP) is 5.76. The van der Waals surface area contributed by atoms with Crippen molar-refractivity contribution in [3.05, 3.63) is 88.6 Å². The zero-order valence-electron chi connectivity index (χ0n) is 43.3. The van der Waals surface area contributed by atoms with E-state index in [0.717, 1.165) is 47.0 Å². The van der Waals surface area contributed by atoms with Gasteiger partial charge in [-0.2, -0.15) is 22.0 Å². The lowest BCUT2D eigenvalue weighted by Gasteiger charge is -2.48. The van der Waals surface area contributed by atoms with Crippen molar-refractivity contribution in [1.29, 1.82) is 0 Å². The van der Waals surface area contributed by atoms with Crippen LogP contribution in [0.4, 0.5) is 54.9 Å². The third-order valence-corrected chi connectivity index (χ3v) is 15.0. The molecule has 0 saturated carbocycles. The third kappa shape index (κ3) is 12.4. The van der Waals surface area contributed by atoms with Crippen LogP contribution >= 0.6 is 0 Å². The molecule has 4 amide bonds. The van der Waals surface area contributed by atoms with Crippen LogP contribution in [0.25, 0.3) is 16.8 Å². The Morgan fingerprint density at radius 2 is 1.56 bits per heavy atom. The summed E-state index contributed by atoms with van der Waals surface area (Å²) in [5, 5.41) is 19.2. The van der Waals surface area contributed by atoms with Crippen LogP contribution < -0.4 is 32.0 Å². The molecule has 1 aromatic heterocycles. The number of aliphatic imine (C=N–C) groups is 1. The van der Waals surface area contributed by atoms with Crippen molar-refractivity contribution < 1.29 is 78.0 Å². The fourth-order valence-corrected chi connectivity index (χ4v) is 10.1. The number of allylic oxidation sites excluding steroid dienone is 1. The maximum atomic E-state index is 18.3. The van der Waals surface area contributed by atoms with Gasteiger partial charge in [0, 0.05) is 73.1 Å². The Balaban J connectivity index is 1.37.